The van der Waals surface area contributed by atoms with Crippen LogP contribution in [0.15, 0.2) is 35.7 Å². The molecular formula is C12H11F3N2OS. The van der Waals surface area contributed by atoms with Gasteiger partial charge in [-0.25, -0.2) is 0 Å². The number of hydrogen-bond acceptors (Lipinski definition) is 4. The fraction of sp³-hybridized carbons (Fsp3) is 0.167. The van der Waals surface area contributed by atoms with Gasteiger partial charge in [0.25, 0.3) is 0 Å². The van der Waals surface area contributed by atoms with Crippen molar-refractivity contribution < 1.29 is 17.9 Å². The minimum atomic E-state index is -4.71. The van der Waals surface area contributed by atoms with E-state index in [1.54, 1.807) is 12.1 Å². The average Bonchev–Trinajstić information content (AvgIpc) is 2.72. The Kier molecular flexibility index (Phi) is 3.84. The van der Waals surface area contributed by atoms with Crippen LogP contribution in [0.2, 0.25) is 0 Å². The minimum Gasteiger partial charge on any atom is -0.404 e. The first-order valence-corrected chi connectivity index (χ1v) is 6.24. The first-order chi connectivity index (χ1) is 8.96. The Morgan fingerprint density at radius 2 is 1.95 bits per heavy atom. The number of nitrogens with one attached hydrogen (secondary N) is 1. The largest absolute Gasteiger partial charge is 0.573 e. The van der Waals surface area contributed by atoms with Crippen molar-refractivity contribution in [2.24, 2.45) is 0 Å². The average molecular weight is 288 g/mol. The van der Waals surface area contributed by atoms with E-state index in [0.29, 0.717) is 12.2 Å². The third-order valence-corrected chi connectivity index (χ3v) is 3.27. The second kappa shape index (κ2) is 5.40. The van der Waals surface area contributed by atoms with Crippen LogP contribution in [-0.4, -0.2) is 6.36 Å². The van der Waals surface area contributed by atoms with Gasteiger partial charge in [-0.15, -0.1) is 24.5 Å². The number of ether oxygens (including phenoxy) is 1. The van der Waals surface area contributed by atoms with Crippen molar-refractivity contribution in [2.45, 2.75) is 12.9 Å². The molecule has 7 heteroatoms. The van der Waals surface area contributed by atoms with Gasteiger partial charge in [-0.05, 0) is 23.6 Å². The molecule has 0 saturated heterocycles. The first kappa shape index (κ1) is 13.5. The van der Waals surface area contributed by atoms with E-state index in [-0.39, 0.29) is 11.4 Å². The first-order valence-electron chi connectivity index (χ1n) is 5.36. The summed E-state index contributed by atoms with van der Waals surface area (Å²) in [6.07, 6.45) is -4.71. The van der Waals surface area contributed by atoms with Gasteiger partial charge < -0.3 is 15.8 Å². The number of nitrogen functional groups attached to an aromatic ring is 1. The van der Waals surface area contributed by atoms with E-state index in [9.17, 15) is 13.2 Å². The Labute approximate surface area is 111 Å². The van der Waals surface area contributed by atoms with Crippen molar-refractivity contribution >= 4 is 22.7 Å². The molecule has 0 aliphatic rings. The Balaban J connectivity index is 2.10. The fourth-order valence-electron chi connectivity index (χ4n) is 1.50. The Morgan fingerprint density at radius 3 is 2.58 bits per heavy atom. The molecule has 19 heavy (non-hydrogen) atoms. The molecule has 1 aromatic heterocycles. The Morgan fingerprint density at radius 1 is 1.21 bits per heavy atom. The van der Waals surface area contributed by atoms with Crippen LogP contribution in [0.4, 0.5) is 24.5 Å². The summed E-state index contributed by atoms with van der Waals surface area (Å²) in [4.78, 5) is 0.863. The molecule has 0 fully saturated rings. The summed E-state index contributed by atoms with van der Waals surface area (Å²) < 4.78 is 40.6. The van der Waals surface area contributed by atoms with Crippen LogP contribution in [0, 0.1) is 0 Å². The van der Waals surface area contributed by atoms with Gasteiger partial charge in [-0.2, -0.15) is 0 Å². The summed E-state index contributed by atoms with van der Waals surface area (Å²) >= 11 is 1.44. The number of alkyl halides is 3. The number of halogens is 3. The molecule has 0 bridgehead atoms. The number of rotatable bonds is 4. The maximum Gasteiger partial charge on any atom is 0.573 e. The Bertz CT molecular complexity index is 554. The zero-order valence-electron chi connectivity index (χ0n) is 9.70. The van der Waals surface area contributed by atoms with Crippen molar-refractivity contribution in [2.75, 3.05) is 11.1 Å². The highest BCUT2D eigenvalue weighted by Gasteiger charge is 2.32. The lowest BCUT2D eigenvalue weighted by Gasteiger charge is -2.14. The van der Waals surface area contributed by atoms with Crippen LogP contribution < -0.4 is 15.8 Å². The third kappa shape index (κ3) is 3.78. The van der Waals surface area contributed by atoms with Gasteiger partial charge in [-0.3, -0.25) is 0 Å². The lowest BCUT2D eigenvalue weighted by Crippen LogP contribution is -2.18. The standard InChI is InChI=1S/C12H11F3N2OS/c13-12(14,15)18-10-4-2-1-3-9(10)17-7-11-8(16)5-6-19-11/h1-6,17H,7,16H2. The van der Waals surface area contributed by atoms with Crippen molar-refractivity contribution in [1.29, 1.82) is 0 Å². The van der Waals surface area contributed by atoms with E-state index in [2.05, 4.69) is 10.1 Å². The molecule has 3 nitrogen and oxygen atoms in total. The molecule has 0 amide bonds. The maximum atomic E-state index is 12.2. The highest BCUT2D eigenvalue weighted by molar-refractivity contribution is 7.10. The van der Waals surface area contributed by atoms with E-state index in [1.807, 2.05) is 5.38 Å². The minimum absolute atomic E-state index is 0.259. The van der Waals surface area contributed by atoms with Crippen molar-refractivity contribution in [3.63, 3.8) is 0 Å². The number of para-hydroxylation sites is 2. The number of benzene rings is 1. The zero-order chi connectivity index (χ0) is 13.9. The molecule has 102 valence electrons. The van der Waals surface area contributed by atoms with Crippen LogP contribution in [0.25, 0.3) is 0 Å². The summed E-state index contributed by atoms with van der Waals surface area (Å²) in [5.41, 5.74) is 6.59. The van der Waals surface area contributed by atoms with Gasteiger partial charge in [0.15, 0.2) is 5.75 Å². The molecule has 0 radical (unpaired) electrons. The molecule has 0 unspecified atom stereocenters. The van der Waals surface area contributed by atoms with Gasteiger partial charge in [0.05, 0.1) is 12.2 Å². The summed E-state index contributed by atoms with van der Waals surface area (Å²) in [5.74, 6) is -0.259. The van der Waals surface area contributed by atoms with Gasteiger partial charge in [0, 0.05) is 10.6 Å². The van der Waals surface area contributed by atoms with Crippen LogP contribution in [0.3, 0.4) is 0 Å². The lowest BCUT2D eigenvalue weighted by atomic mass is 10.3. The molecule has 0 saturated carbocycles. The normalized spacial score (nSPS) is 11.3. The van der Waals surface area contributed by atoms with Gasteiger partial charge >= 0.3 is 6.36 Å². The number of nitrogens with two attached hydrogens (primary N) is 1. The van der Waals surface area contributed by atoms with Gasteiger partial charge in [0.1, 0.15) is 0 Å². The van der Waals surface area contributed by atoms with E-state index in [0.717, 1.165) is 4.88 Å². The monoisotopic (exact) mass is 288 g/mol. The molecule has 3 N–H and O–H groups in total. The van der Waals surface area contributed by atoms with Gasteiger partial charge in [-0.1, -0.05) is 12.1 Å². The smallest absolute Gasteiger partial charge is 0.404 e. The van der Waals surface area contributed by atoms with Crippen molar-refractivity contribution in [3.05, 3.63) is 40.6 Å². The molecule has 2 aromatic rings. The lowest BCUT2D eigenvalue weighted by molar-refractivity contribution is -0.274. The van der Waals surface area contributed by atoms with Crippen LogP contribution >= 0.6 is 11.3 Å². The van der Waals surface area contributed by atoms with E-state index in [4.69, 9.17) is 5.73 Å². The number of hydrogen-bond donors (Lipinski definition) is 2. The van der Waals surface area contributed by atoms with Crippen LogP contribution in [-0.2, 0) is 6.54 Å². The predicted octanol–water partition coefficient (Wildman–Crippen LogP) is 3.84. The van der Waals surface area contributed by atoms with Crippen molar-refractivity contribution in [1.82, 2.24) is 0 Å². The fourth-order valence-corrected chi connectivity index (χ4v) is 2.23. The predicted molar refractivity (Wildman–Crippen MR) is 69.2 cm³/mol. The molecule has 0 atom stereocenters. The molecule has 2 rings (SSSR count). The third-order valence-electron chi connectivity index (χ3n) is 2.33. The molecule has 0 aliphatic heterocycles. The number of thiophene rings is 1. The van der Waals surface area contributed by atoms with Gasteiger partial charge in [0.2, 0.25) is 0 Å². The molecule has 1 heterocycles. The summed E-state index contributed by atoms with van der Waals surface area (Å²) in [6.45, 7) is 0.349. The van der Waals surface area contributed by atoms with E-state index >= 15 is 0 Å². The van der Waals surface area contributed by atoms with Crippen LogP contribution in [0.5, 0.6) is 5.75 Å². The summed E-state index contributed by atoms with van der Waals surface area (Å²) in [7, 11) is 0. The summed E-state index contributed by atoms with van der Waals surface area (Å²) in [6, 6.07) is 7.63. The molecule has 1 aromatic carbocycles. The highest BCUT2D eigenvalue weighted by atomic mass is 32.1. The topological polar surface area (TPSA) is 47.3 Å². The SMILES string of the molecule is Nc1ccsc1CNc1ccccc1OC(F)(F)F. The molecular weight excluding hydrogens is 277 g/mol. The zero-order valence-corrected chi connectivity index (χ0v) is 10.5. The molecule has 0 aliphatic carbocycles. The van der Waals surface area contributed by atoms with Crippen LogP contribution in [0.1, 0.15) is 4.88 Å². The molecule has 0 spiro atoms. The second-order valence-corrected chi connectivity index (χ2v) is 4.70. The maximum absolute atomic E-state index is 12.2. The quantitative estimate of drug-likeness (QED) is 0.898. The Hall–Kier alpha value is -1.89. The second-order valence-electron chi connectivity index (χ2n) is 3.70. The summed E-state index contributed by atoms with van der Waals surface area (Å²) in [5, 5.41) is 4.71. The number of anilines is 2. The van der Waals surface area contributed by atoms with E-state index in [1.165, 1.54) is 29.5 Å². The van der Waals surface area contributed by atoms with E-state index < -0.39 is 6.36 Å². The highest BCUT2D eigenvalue weighted by Crippen LogP contribution is 2.31. The van der Waals surface area contributed by atoms with Crippen molar-refractivity contribution in [3.8, 4) is 5.75 Å².